The number of nitrogens with two attached hydrogens (primary N) is 1. The first-order valence-electron chi connectivity index (χ1n) is 8.97. The summed E-state index contributed by atoms with van der Waals surface area (Å²) in [4.78, 5) is 4.78. The van der Waals surface area contributed by atoms with E-state index in [9.17, 15) is 0 Å². The molecule has 0 spiro atoms. The van der Waals surface area contributed by atoms with Crippen molar-refractivity contribution in [1.29, 1.82) is 0 Å². The van der Waals surface area contributed by atoms with Crippen LogP contribution in [0.5, 0.6) is 11.5 Å². The molecule has 0 aliphatic heterocycles. The summed E-state index contributed by atoms with van der Waals surface area (Å²) in [6.45, 7) is 5.72. The van der Waals surface area contributed by atoms with E-state index < -0.39 is 0 Å². The number of methoxy groups -OCH3 is 2. The summed E-state index contributed by atoms with van der Waals surface area (Å²) in [5.41, 5.74) is 10.3. The van der Waals surface area contributed by atoms with Gasteiger partial charge in [0.05, 0.1) is 25.3 Å². The van der Waals surface area contributed by atoms with Crippen LogP contribution in [0, 0.1) is 0 Å². The highest BCUT2D eigenvalue weighted by Gasteiger charge is 2.15. The van der Waals surface area contributed by atoms with E-state index in [0.717, 1.165) is 29.8 Å². The van der Waals surface area contributed by atoms with E-state index in [1.807, 2.05) is 12.1 Å². The van der Waals surface area contributed by atoms with E-state index in [1.165, 1.54) is 11.1 Å². The molecule has 5 heteroatoms. The molecule has 0 aliphatic rings. The van der Waals surface area contributed by atoms with Crippen LogP contribution in [0.15, 0.2) is 36.4 Å². The van der Waals surface area contributed by atoms with Gasteiger partial charge in [-0.25, -0.2) is 4.98 Å². The first-order chi connectivity index (χ1) is 12.6. The minimum atomic E-state index is 0.530. The maximum absolute atomic E-state index is 5.81. The topological polar surface area (TPSA) is 62.3 Å². The Morgan fingerprint density at radius 2 is 1.69 bits per heavy atom. The lowest BCUT2D eigenvalue weighted by atomic mass is 10.0. The van der Waals surface area contributed by atoms with Crippen molar-refractivity contribution in [2.75, 3.05) is 20.8 Å². The van der Waals surface area contributed by atoms with Crippen molar-refractivity contribution in [1.82, 2.24) is 9.55 Å². The smallest absolute Gasteiger partial charge is 0.163 e. The van der Waals surface area contributed by atoms with Crippen molar-refractivity contribution in [3.63, 3.8) is 0 Å². The quantitative estimate of drug-likeness (QED) is 0.703. The molecule has 0 bridgehead atoms. The Hall–Kier alpha value is -2.53. The molecular formula is C21H27N3O2. The van der Waals surface area contributed by atoms with Crippen LogP contribution in [0.4, 0.5) is 0 Å². The van der Waals surface area contributed by atoms with Crippen LogP contribution in [0.1, 0.15) is 36.7 Å². The second-order valence-corrected chi connectivity index (χ2v) is 6.75. The average Bonchev–Trinajstić information content (AvgIpc) is 2.97. The van der Waals surface area contributed by atoms with Gasteiger partial charge in [0.25, 0.3) is 0 Å². The fourth-order valence-electron chi connectivity index (χ4n) is 3.19. The summed E-state index contributed by atoms with van der Waals surface area (Å²) >= 11 is 0. The van der Waals surface area contributed by atoms with E-state index in [2.05, 4.69) is 42.7 Å². The average molecular weight is 353 g/mol. The van der Waals surface area contributed by atoms with Gasteiger partial charge in [-0.05, 0) is 23.6 Å². The SMILES string of the molecule is COc1cc2nc(CCN)n(Cc3ccc(C(C)C)cc3)c2cc1OC. The van der Waals surface area contributed by atoms with Gasteiger partial charge in [0.15, 0.2) is 11.5 Å². The van der Waals surface area contributed by atoms with Crippen LogP contribution in [0.3, 0.4) is 0 Å². The molecule has 0 aliphatic carbocycles. The summed E-state index contributed by atoms with van der Waals surface area (Å²) in [7, 11) is 3.29. The summed E-state index contributed by atoms with van der Waals surface area (Å²) in [6.07, 6.45) is 0.726. The molecule has 0 radical (unpaired) electrons. The van der Waals surface area contributed by atoms with Gasteiger partial charge >= 0.3 is 0 Å². The van der Waals surface area contributed by atoms with E-state index in [0.29, 0.717) is 24.0 Å². The van der Waals surface area contributed by atoms with E-state index in [1.54, 1.807) is 14.2 Å². The number of fused-ring (bicyclic) bond motifs is 1. The molecule has 0 unspecified atom stereocenters. The first kappa shape index (κ1) is 18.3. The molecule has 0 fully saturated rings. The van der Waals surface area contributed by atoms with Gasteiger partial charge < -0.3 is 19.8 Å². The maximum Gasteiger partial charge on any atom is 0.163 e. The minimum Gasteiger partial charge on any atom is -0.493 e. The lowest BCUT2D eigenvalue weighted by Gasteiger charge is -2.12. The van der Waals surface area contributed by atoms with Crippen LogP contribution in [0.2, 0.25) is 0 Å². The molecule has 0 atom stereocenters. The highest BCUT2D eigenvalue weighted by atomic mass is 16.5. The predicted octanol–water partition coefficient (Wildman–Crippen LogP) is 3.73. The molecule has 3 rings (SSSR count). The number of ether oxygens (including phenoxy) is 2. The van der Waals surface area contributed by atoms with Crippen molar-refractivity contribution in [3.05, 3.63) is 53.3 Å². The first-order valence-corrected chi connectivity index (χ1v) is 8.97. The monoisotopic (exact) mass is 353 g/mol. The predicted molar refractivity (Wildman–Crippen MR) is 105 cm³/mol. The molecule has 3 aromatic rings. The zero-order valence-corrected chi connectivity index (χ0v) is 16.0. The summed E-state index contributed by atoms with van der Waals surface area (Å²) < 4.78 is 13.1. The Balaban J connectivity index is 2.05. The van der Waals surface area contributed by atoms with Crippen molar-refractivity contribution in [3.8, 4) is 11.5 Å². The van der Waals surface area contributed by atoms with Crippen molar-refractivity contribution >= 4 is 11.0 Å². The molecule has 0 saturated carbocycles. The lowest BCUT2D eigenvalue weighted by Crippen LogP contribution is -2.11. The fourth-order valence-corrected chi connectivity index (χ4v) is 3.19. The van der Waals surface area contributed by atoms with Crippen LogP contribution in [-0.2, 0) is 13.0 Å². The van der Waals surface area contributed by atoms with Gasteiger partial charge in [-0.15, -0.1) is 0 Å². The van der Waals surface area contributed by atoms with Crippen LogP contribution >= 0.6 is 0 Å². The Kier molecular flexibility index (Phi) is 5.47. The molecule has 0 saturated heterocycles. The molecule has 1 heterocycles. The number of rotatable bonds is 7. The van der Waals surface area contributed by atoms with E-state index in [4.69, 9.17) is 20.2 Å². The molecule has 0 amide bonds. The number of imidazole rings is 1. The molecule has 5 nitrogen and oxygen atoms in total. The highest BCUT2D eigenvalue weighted by molar-refractivity contribution is 5.80. The summed E-state index contributed by atoms with van der Waals surface area (Å²) in [5, 5.41) is 0. The standard InChI is InChI=1S/C21H27N3O2/c1-14(2)16-7-5-15(6-8-16)13-24-18-12-20(26-4)19(25-3)11-17(18)23-21(24)9-10-22/h5-8,11-12,14H,9-10,13,22H2,1-4H3. The third-order valence-electron chi connectivity index (χ3n) is 4.69. The van der Waals surface area contributed by atoms with Crippen molar-refractivity contribution in [2.45, 2.75) is 32.7 Å². The van der Waals surface area contributed by atoms with E-state index >= 15 is 0 Å². The number of hydrogen-bond acceptors (Lipinski definition) is 4. The molecule has 2 aromatic carbocycles. The zero-order chi connectivity index (χ0) is 18.7. The number of hydrogen-bond donors (Lipinski definition) is 1. The number of nitrogens with zero attached hydrogens (tertiary/aromatic N) is 2. The Labute approximate surface area is 154 Å². The third kappa shape index (κ3) is 3.53. The Morgan fingerprint density at radius 3 is 2.27 bits per heavy atom. The van der Waals surface area contributed by atoms with Gasteiger partial charge in [0.1, 0.15) is 5.82 Å². The summed E-state index contributed by atoms with van der Waals surface area (Å²) in [5.74, 6) is 2.90. The third-order valence-corrected chi connectivity index (χ3v) is 4.69. The molecule has 2 N–H and O–H groups in total. The summed E-state index contributed by atoms with van der Waals surface area (Å²) in [6, 6.07) is 12.7. The minimum absolute atomic E-state index is 0.530. The second-order valence-electron chi connectivity index (χ2n) is 6.75. The van der Waals surface area contributed by atoms with Crippen molar-refractivity contribution in [2.24, 2.45) is 5.73 Å². The van der Waals surface area contributed by atoms with Crippen molar-refractivity contribution < 1.29 is 9.47 Å². The molecule has 26 heavy (non-hydrogen) atoms. The Bertz CT molecular complexity index is 882. The fraction of sp³-hybridized carbons (Fsp3) is 0.381. The number of aromatic nitrogens is 2. The van der Waals surface area contributed by atoms with Gasteiger partial charge in [0, 0.05) is 25.1 Å². The second kappa shape index (κ2) is 7.79. The lowest BCUT2D eigenvalue weighted by molar-refractivity contribution is 0.355. The molecular weight excluding hydrogens is 326 g/mol. The van der Waals surface area contributed by atoms with Gasteiger partial charge in [-0.3, -0.25) is 0 Å². The van der Waals surface area contributed by atoms with Crippen LogP contribution in [-0.4, -0.2) is 30.3 Å². The largest absolute Gasteiger partial charge is 0.493 e. The van der Waals surface area contributed by atoms with Gasteiger partial charge in [-0.1, -0.05) is 38.1 Å². The van der Waals surface area contributed by atoms with Crippen LogP contribution in [0.25, 0.3) is 11.0 Å². The highest BCUT2D eigenvalue weighted by Crippen LogP contribution is 2.33. The maximum atomic E-state index is 5.81. The Morgan fingerprint density at radius 1 is 1.04 bits per heavy atom. The van der Waals surface area contributed by atoms with Gasteiger partial charge in [0.2, 0.25) is 0 Å². The molecule has 138 valence electrons. The van der Waals surface area contributed by atoms with Gasteiger partial charge in [-0.2, -0.15) is 0 Å². The van der Waals surface area contributed by atoms with E-state index in [-0.39, 0.29) is 0 Å². The van der Waals surface area contributed by atoms with Crippen LogP contribution < -0.4 is 15.2 Å². The number of benzene rings is 2. The zero-order valence-electron chi connectivity index (χ0n) is 16.0. The molecule has 1 aromatic heterocycles. The normalized spacial score (nSPS) is 11.3.